The minimum Gasteiger partial charge on any atom is -0.294 e. The van der Waals surface area contributed by atoms with Crippen LogP contribution in [0.3, 0.4) is 0 Å². The lowest BCUT2D eigenvalue weighted by molar-refractivity contribution is -0.128. The molecular formula is C11H16O4S. The molecule has 2 aliphatic rings. The van der Waals surface area contributed by atoms with Crippen molar-refractivity contribution in [3.63, 3.8) is 0 Å². The van der Waals surface area contributed by atoms with E-state index in [0.29, 0.717) is 5.57 Å². The van der Waals surface area contributed by atoms with E-state index < -0.39 is 16.8 Å². The van der Waals surface area contributed by atoms with Gasteiger partial charge in [0.2, 0.25) is 0 Å². The van der Waals surface area contributed by atoms with Gasteiger partial charge in [-0.15, -0.1) is 0 Å². The first kappa shape index (κ1) is 12.0. The van der Waals surface area contributed by atoms with E-state index in [0.717, 1.165) is 12.8 Å². The smallest absolute Gasteiger partial charge is 0.294 e. The van der Waals surface area contributed by atoms with Crippen LogP contribution in [0.15, 0.2) is 12.2 Å². The molecule has 2 aliphatic carbocycles. The number of ketones is 1. The van der Waals surface area contributed by atoms with Gasteiger partial charge in [0.25, 0.3) is 0 Å². The highest BCUT2D eigenvalue weighted by Gasteiger charge is 2.66. The third-order valence-electron chi connectivity index (χ3n) is 4.52. The molecule has 2 fully saturated rings. The number of hydrogen-bond acceptors (Lipinski definition) is 3. The highest BCUT2D eigenvalue weighted by molar-refractivity contribution is 7.74. The molecule has 1 N–H and O–H groups in total. The van der Waals surface area contributed by atoms with Gasteiger partial charge in [-0.25, -0.2) is 0 Å². The number of allylic oxidation sites excluding steroid dienone is 1. The molecule has 0 radical (unpaired) electrons. The first-order valence-electron chi connectivity index (χ1n) is 5.30. The number of carbonyl (C=O) groups excluding carboxylic acids is 1. The van der Waals surface area contributed by atoms with Crippen molar-refractivity contribution in [3.05, 3.63) is 12.2 Å². The van der Waals surface area contributed by atoms with E-state index in [1.807, 2.05) is 13.8 Å². The van der Waals surface area contributed by atoms with Crippen LogP contribution in [-0.2, 0) is 20.3 Å². The summed E-state index contributed by atoms with van der Waals surface area (Å²) in [5, 5.41) is 0. The molecule has 3 unspecified atom stereocenters. The molecule has 2 rings (SSSR count). The Balaban J connectivity index is 2.34. The van der Waals surface area contributed by atoms with Crippen molar-refractivity contribution in [2.75, 3.05) is 6.61 Å². The van der Waals surface area contributed by atoms with Crippen molar-refractivity contribution in [1.29, 1.82) is 0 Å². The quantitative estimate of drug-likeness (QED) is 0.606. The minimum absolute atomic E-state index is 0.0114. The van der Waals surface area contributed by atoms with Crippen LogP contribution in [0.25, 0.3) is 0 Å². The zero-order valence-corrected chi connectivity index (χ0v) is 10.3. The van der Waals surface area contributed by atoms with E-state index in [1.165, 1.54) is 0 Å². The van der Waals surface area contributed by atoms with Crippen molar-refractivity contribution >= 4 is 17.1 Å². The Morgan fingerprint density at radius 1 is 1.62 bits per heavy atom. The monoisotopic (exact) mass is 244 g/mol. The van der Waals surface area contributed by atoms with Crippen molar-refractivity contribution in [2.45, 2.75) is 26.7 Å². The van der Waals surface area contributed by atoms with E-state index in [9.17, 15) is 9.00 Å². The van der Waals surface area contributed by atoms with Crippen LogP contribution >= 0.6 is 0 Å². The molecule has 0 aromatic rings. The Morgan fingerprint density at radius 2 is 2.25 bits per heavy atom. The van der Waals surface area contributed by atoms with E-state index in [1.54, 1.807) is 0 Å². The lowest BCUT2D eigenvalue weighted by atomic mass is 9.69. The van der Waals surface area contributed by atoms with Crippen LogP contribution in [-0.4, -0.2) is 21.2 Å². The average molecular weight is 244 g/mol. The van der Waals surface area contributed by atoms with Gasteiger partial charge in [0, 0.05) is 0 Å². The predicted octanol–water partition coefficient (Wildman–Crippen LogP) is 1.70. The molecule has 0 aliphatic heterocycles. The SMILES string of the molecule is C=C1C(=O)C2(COS(=O)O)CCC1C2(C)C. The van der Waals surface area contributed by atoms with Crippen LogP contribution in [0.2, 0.25) is 0 Å². The Morgan fingerprint density at radius 3 is 2.69 bits per heavy atom. The molecular weight excluding hydrogens is 228 g/mol. The van der Waals surface area contributed by atoms with Crippen LogP contribution in [0.1, 0.15) is 26.7 Å². The van der Waals surface area contributed by atoms with Crippen LogP contribution in [0.4, 0.5) is 0 Å². The number of Topliss-reactive ketones (excluding diaryl/α,β-unsaturated/α-hetero) is 1. The molecule has 0 amide bonds. The first-order valence-corrected chi connectivity index (χ1v) is 6.34. The summed E-state index contributed by atoms with van der Waals surface area (Å²) < 4.78 is 24.0. The number of rotatable bonds is 3. The van der Waals surface area contributed by atoms with Crippen molar-refractivity contribution in [2.24, 2.45) is 16.7 Å². The van der Waals surface area contributed by atoms with E-state index in [2.05, 4.69) is 6.58 Å². The molecule has 2 saturated carbocycles. The second-order valence-electron chi connectivity index (χ2n) is 5.23. The fraction of sp³-hybridized carbons (Fsp3) is 0.727. The molecule has 0 aromatic heterocycles. The standard InChI is InChI=1S/C11H16O4S/c1-7-8-4-5-11(9(7)12,10(8,2)3)6-15-16(13)14/h8H,1,4-6H2,2-3H3,(H,13,14). The normalized spacial score (nSPS) is 38.1. The Kier molecular flexibility index (Phi) is 2.60. The van der Waals surface area contributed by atoms with Gasteiger partial charge < -0.3 is 0 Å². The van der Waals surface area contributed by atoms with Crippen LogP contribution < -0.4 is 0 Å². The van der Waals surface area contributed by atoms with Crippen LogP contribution in [0.5, 0.6) is 0 Å². The van der Waals surface area contributed by atoms with Gasteiger partial charge in [0.1, 0.15) is 0 Å². The van der Waals surface area contributed by atoms with Crippen molar-refractivity contribution in [3.8, 4) is 0 Å². The van der Waals surface area contributed by atoms with Crippen molar-refractivity contribution < 1.29 is 17.7 Å². The summed E-state index contributed by atoms with van der Waals surface area (Å²) in [6.07, 6.45) is 1.64. The van der Waals surface area contributed by atoms with E-state index in [-0.39, 0.29) is 23.7 Å². The maximum absolute atomic E-state index is 12.2. The molecule has 2 bridgehead atoms. The average Bonchev–Trinajstić information content (AvgIpc) is 2.51. The zero-order valence-electron chi connectivity index (χ0n) is 9.49. The molecule has 3 atom stereocenters. The van der Waals surface area contributed by atoms with Gasteiger partial charge in [0.15, 0.2) is 5.78 Å². The second-order valence-corrected chi connectivity index (χ2v) is 5.90. The Bertz CT molecular complexity index is 387. The molecule has 16 heavy (non-hydrogen) atoms. The molecule has 0 saturated heterocycles. The third kappa shape index (κ3) is 1.28. The summed E-state index contributed by atoms with van der Waals surface area (Å²) in [5.41, 5.74) is -0.211. The Labute approximate surface area is 97.5 Å². The summed E-state index contributed by atoms with van der Waals surface area (Å²) in [5.74, 6) is 0.204. The maximum atomic E-state index is 12.2. The van der Waals surface area contributed by atoms with Gasteiger partial charge in [-0.2, -0.15) is 4.21 Å². The molecule has 0 heterocycles. The largest absolute Gasteiger partial charge is 0.301 e. The summed E-state index contributed by atoms with van der Waals surface area (Å²) in [4.78, 5) is 12.2. The van der Waals surface area contributed by atoms with Gasteiger partial charge in [-0.05, 0) is 29.7 Å². The molecule has 5 heteroatoms. The fourth-order valence-electron chi connectivity index (χ4n) is 3.36. The van der Waals surface area contributed by atoms with Crippen LogP contribution in [0, 0.1) is 16.7 Å². The summed E-state index contributed by atoms with van der Waals surface area (Å²) in [7, 11) is 0. The molecule has 0 aromatic carbocycles. The zero-order chi connectivity index (χ0) is 12.1. The lowest BCUT2D eigenvalue weighted by Gasteiger charge is -2.34. The summed E-state index contributed by atoms with van der Waals surface area (Å²) >= 11 is -2.31. The Hall–Kier alpha value is -0.520. The molecule has 4 nitrogen and oxygen atoms in total. The molecule has 90 valence electrons. The maximum Gasteiger partial charge on any atom is 0.301 e. The molecule has 0 spiro atoms. The van der Waals surface area contributed by atoms with E-state index in [4.69, 9.17) is 8.74 Å². The fourth-order valence-corrected chi connectivity index (χ4v) is 3.67. The number of hydrogen-bond donors (Lipinski definition) is 1. The van der Waals surface area contributed by atoms with Gasteiger partial charge in [0.05, 0.1) is 12.0 Å². The predicted molar refractivity (Wildman–Crippen MR) is 59.8 cm³/mol. The highest BCUT2D eigenvalue weighted by atomic mass is 32.2. The third-order valence-corrected chi connectivity index (χ3v) is 4.84. The summed E-state index contributed by atoms with van der Waals surface area (Å²) in [6, 6.07) is 0. The van der Waals surface area contributed by atoms with Gasteiger partial charge >= 0.3 is 11.4 Å². The van der Waals surface area contributed by atoms with Crippen molar-refractivity contribution in [1.82, 2.24) is 0 Å². The van der Waals surface area contributed by atoms with Gasteiger partial charge in [-0.1, -0.05) is 20.4 Å². The second kappa shape index (κ2) is 3.48. The summed E-state index contributed by atoms with van der Waals surface area (Å²) in [6.45, 7) is 7.89. The lowest BCUT2D eigenvalue weighted by Crippen LogP contribution is -2.40. The topological polar surface area (TPSA) is 63.6 Å². The highest BCUT2D eigenvalue weighted by Crippen LogP contribution is 2.65. The van der Waals surface area contributed by atoms with E-state index >= 15 is 0 Å². The van der Waals surface area contributed by atoms with Gasteiger partial charge in [-0.3, -0.25) is 13.5 Å². The first-order chi connectivity index (χ1) is 7.33. The number of carbonyl (C=O) groups is 1. The minimum atomic E-state index is -2.31. The number of fused-ring (bicyclic) bond motifs is 2.